The quantitative estimate of drug-likeness (QED) is 0.645. The van der Waals surface area contributed by atoms with Crippen LogP contribution in [0.4, 0.5) is 0 Å². The zero-order valence-corrected chi connectivity index (χ0v) is 12.0. The number of hydrogen-bond acceptors (Lipinski definition) is 5. The fourth-order valence-electron chi connectivity index (χ4n) is 2.29. The lowest BCUT2D eigenvalue weighted by Crippen LogP contribution is -2.29. The number of carbonyl (C=O) groups is 3. The lowest BCUT2D eigenvalue weighted by Gasteiger charge is -2.13. The molecule has 3 rings (SSSR count). The first-order valence-corrected chi connectivity index (χ1v) is 7.11. The van der Waals surface area contributed by atoms with Gasteiger partial charge in [-0.1, -0.05) is 12.1 Å². The van der Waals surface area contributed by atoms with Crippen LogP contribution < -0.4 is 0 Å². The van der Waals surface area contributed by atoms with E-state index in [1.807, 2.05) is 0 Å². The van der Waals surface area contributed by atoms with E-state index in [4.69, 9.17) is 4.74 Å². The van der Waals surface area contributed by atoms with E-state index in [1.165, 1.54) is 18.4 Å². The highest BCUT2D eigenvalue weighted by molar-refractivity contribution is 7.12. The molecule has 1 aliphatic heterocycles. The van der Waals surface area contributed by atoms with Crippen molar-refractivity contribution in [1.82, 2.24) is 4.90 Å². The van der Waals surface area contributed by atoms with Crippen LogP contribution in [0.25, 0.3) is 0 Å². The molecule has 6 heteroatoms. The van der Waals surface area contributed by atoms with Crippen molar-refractivity contribution >= 4 is 29.1 Å². The van der Waals surface area contributed by atoms with Gasteiger partial charge in [-0.3, -0.25) is 14.5 Å². The van der Waals surface area contributed by atoms with Gasteiger partial charge in [0.15, 0.2) is 0 Å². The summed E-state index contributed by atoms with van der Waals surface area (Å²) in [6, 6.07) is 8.42. The molecule has 0 N–H and O–H groups in total. The number of hydrogen-bond donors (Lipinski definition) is 0. The third-order valence-corrected chi connectivity index (χ3v) is 4.26. The Kier molecular flexibility index (Phi) is 3.31. The van der Waals surface area contributed by atoms with Crippen molar-refractivity contribution in [2.24, 2.45) is 0 Å². The molecule has 0 bridgehead atoms. The molecule has 0 fully saturated rings. The summed E-state index contributed by atoms with van der Waals surface area (Å²) >= 11 is 1.23. The number of benzene rings is 1. The summed E-state index contributed by atoms with van der Waals surface area (Å²) < 4.78 is 4.70. The van der Waals surface area contributed by atoms with Gasteiger partial charge >= 0.3 is 5.97 Å². The van der Waals surface area contributed by atoms with Crippen LogP contribution in [0.15, 0.2) is 35.7 Å². The van der Waals surface area contributed by atoms with Crippen molar-refractivity contribution < 1.29 is 19.1 Å². The van der Waals surface area contributed by atoms with Gasteiger partial charge in [-0.25, -0.2) is 4.79 Å². The highest BCUT2D eigenvalue weighted by Gasteiger charge is 2.35. The Hall–Kier alpha value is -2.47. The molecule has 2 heterocycles. The molecule has 106 valence electrons. The number of imide groups is 1. The van der Waals surface area contributed by atoms with Crippen molar-refractivity contribution in [3.05, 3.63) is 57.3 Å². The minimum Gasteiger partial charge on any atom is -0.465 e. The molecule has 2 amide bonds. The summed E-state index contributed by atoms with van der Waals surface area (Å²) in [5.41, 5.74) is 1.41. The molecule has 0 aliphatic carbocycles. The van der Waals surface area contributed by atoms with Gasteiger partial charge in [0.25, 0.3) is 11.8 Å². The first-order chi connectivity index (χ1) is 10.1. The molecule has 0 saturated heterocycles. The second-order valence-corrected chi connectivity index (χ2v) is 5.42. The molecule has 0 unspecified atom stereocenters. The molecular formula is C15H11NO4S. The Balaban J connectivity index is 1.91. The molecular weight excluding hydrogens is 290 g/mol. The standard InChI is InChI=1S/C15H11NO4S/c1-20-15(19)12-9(6-7-21-12)8-16-13(17)10-4-2-3-5-11(10)14(16)18/h2-7H,8H2,1H3. The molecule has 1 aromatic heterocycles. The second-order valence-electron chi connectivity index (χ2n) is 4.51. The van der Waals surface area contributed by atoms with Crippen LogP contribution in [0.3, 0.4) is 0 Å². The minimum atomic E-state index is -0.461. The molecule has 21 heavy (non-hydrogen) atoms. The van der Waals surface area contributed by atoms with Gasteiger partial charge in [0, 0.05) is 0 Å². The minimum absolute atomic E-state index is 0.0697. The first kappa shape index (κ1) is 13.5. The van der Waals surface area contributed by atoms with E-state index < -0.39 is 5.97 Å². The summed E-state index contributed by atoms with van der Waals surface area (Å²) in [5, 5.41) is 1.74. The zero-order chi connectivity index (χ0) is 15.0. The maximum atomic E-state index is 12.3. The van der Waals surface area contributed by atoms with Gasteiger partial charge in [-0.15, -0.1) is 11.3 Å². The molecule has 2 aromatic rings. The van der Waals surface area contributed by atoms with E-state index in [1.54, 1.807) is 35.7 Å². The van der Waals surface area contributed by atoms with E-state index in [0.29, 0.717) is 21.6 Å². The molecule has 0 radical (unpaired) electrons. The van der Waals surface area contributed by atoms with Crippen LogP contribution in [0.5, 0.6) is 0 Å². The zero-order valence-electron chi connectivity index (χ0n) is 11.2. The smallest absolute Gasteiger partial charge is 0.348 e. The Labute approximate surface area is 124 Å². The molecule has 5 nitrogen and oxygen atoms in total. The molecule has 0 atom stereocenters. The first-order valence-electron chi connectivity index (χ1n) is 6.23. The number of nitrogens with zero attached hydrogens (tertiary/aromatic N) is 1. The van der Waals surface area contributed by atoms with Gasteiger partial charge in [0.1, 0.15) is 4.88 Å². The molecule has 0 spiro atoms. The van der Waals surface area contributed by atoms with Gasteiger partial charge < -0.3 is 4.74 Å². The number of ether oxygens (including phenoxy) is 1. The van der Waals surface area contributed by atoms with Crippen molar-refractivity contribution in [1.29, 1.82) is 0 Å². The van der Waals surface area contributed by atoms with Crippen LogP contribution >= 0.6 is 11.3 Å². The normalized spacial score (nSPS) is 13.5. The number of rotatable bonds is 3. The summed E-state index contributed by atoms with van der Waals surface area (Å²) in [6.07, 6.45) is 0. The van der Waals surface area contributed by atoms with E-state index in [9.17, 15) is 14.4 Å². The molecule has 1 aromatic carbocycles. The third kappa shape index (κ3) is 2.13. The Morgan fingerprint density at radius 1 is 1.14 bits per heavy atom. The van der Waals surface area contributed by atoms with Gasteiger partial charge in [0.05, 0.1) is 24.8 Å². The predicted molar refractivity (Wildman–Crippen MR) is 76.3 cm³/mol. The monoisotopic (exact) mass is 301 g/mol. The maximum absolute atomic E-state index is 12.3. The second kappa shape index (κ2) is 5.14. The van der Waals surface area contributed by atoms with E-state index >= 15 is 0 Å². The SMILES string of the molecule is COC(=O)c1sccc1CN1C(=O)c2ccccc2C1=O. The number of methoxy groups -OCH3 is 1. The van der Waals surface area contributed by atoms with Crippen molar-refractivity contribution in [3.8, 4) is 0 Å². The third-order valence-electron chi connectivity index (χ3n) is 3.32. The highest BCUT2D eigenvalue weighted by Crippen LogP contribution is 2.26. The van der Waals surface area contributed by atoms with Gasteiger partial charge in [-0.2, -0.15) is 0 Å². The Morgan fingerprint density at radius 2 is 1.76 bits per heavy atom. The lowest BCUT2D eigenvalue weighted by atomic mass is 10.1. The van der Waals surface area contributed by atoms with E-state index in [2.05, 4.69) is 0 Å². The molecule has 1 aliphatic rings. The van der Waals surface area contributed by atoms with Crippen LogP contribution in [-0.4, -0.2) is 29.8 Å². The average Bonchev–Trinajstić information content (AvgIpc) is 3.06. The van der Waals surface area contributed by atoms with E-state index in [-0.39, 0.29) is 18.4 Å². The van der Waals surface area contributed by atoms with Gasteiger partial charge in [0.2, 0.25) is 0 Å². The van der Waals surface area contributed by atoms with Crippen LogP contribution in [0.2, 0.25) is 0 Å². The summed E-state index contributed by atoms with van der Waals surface area (Å²) in [5.74, 6) is -1.13. The predicted octanol–water partition coefficient (Wildman–Crippen LogP) is 2.33. The topological polar surface area (TPSA) is 63.7 Å². The number of esters is 1. The summed E-state index contributed by atoms with van der Waals surface area (Å²) in [7, 11) is 1.30. The maximum Gasteiger partial charge on any atom is 0.348 e. The fourth-order valence-corrected chi connectivity index (χ4v) is 3.12. The lowest BCUT2D eigenvalue weighted by molar-refractivity contribution is 0.0588. The number of fused-ring (bicyclic) bond motifs is 1. The molecule has 0 saturated carbocycles. The van der Waals surface area contributed by atoms with Crippen molar-refractivity contribution in [2.45, 2.75) is 6.54 Å². The number of carbonyl (C=O) groups excluding carboxylic acids is 3. The van der Waals surface area contributed by atoms with Crippen LogP contribution in [0.1, 0.15) is 36.0 Å². The highest BCUT2D eigenvalue weighted by atomic mass is 32.1. The van der Waals surface area contributed by atoms with Gasteiger partial charge in [-0.05, 0) is 29.1 Å². The summed E-state index contributed by atoms with van der Waals surface area (Å²) in [6.45, 7) is 0.0697. The number of amides is 2. The van der Waals surface area contributed by atoms with Crippen molar-refractivity contribution in [3.63, 3.8) is 0 Å². The largest absolute Gasteiger partial charge is 0.465 e. The van der Waals surface area contributed by atoms with Crippen molar-refractivity contribution in [2.75, 3.05) is 7.11 Å². The van der Waals surface area contributed by atoms with E-state index in [0.717, 1.165) is 4.90 Å². The average molecular weight is 301 g/mol. The Bertz CT molecular complexity index is 715. The Morgan fingerprint density at radius 3 is 2.33 bits per heavy atom. The number of thiophene rings is 1. The fraction of sp³-hybridized carbons (Fsp3) is 0.133. The summed E-state index contributed by atoms with van der Waals surface area (Å²) in [4.78, 5) is 37.8. The van der Waals surface area contributed by atoms with Crippen LogP contribution in [-0.2, 0) is 11.3 Å². The van der Waals surface area contributed by atoms with Crippen LogP contribution in [0, 0.1) is 0 Å².